The van der Waals surface area contributed by atoms with Crippen LogP contribution in [0.5, 0.6) is 0 Å². The summed E-state index contributed by atoms with van der Waals surface area (Å²) in [5.74, 6) is 1.53. The van der Waals surface area contributed by atoms with Crippen molar-refractivity contribution in [3.8, 4) is 0 Å². The summed E-state index contributed by atoms with van der Waals surface area (Å²) in [5.41, 5.74) is 1.38. The zero-order valence-corrected chi connectivity index (χ0v) is 19.2. The molecular weight excluding hydrogens is 376 g/mol. The van der Waals surface area contributed by atoms with Gasteiger partial charge in [-0.1, -0.05) is 44.2 Å². The Bertz CT molecular complexity index is 572. The zero-order chi connectivity index (χ0) is 21.4. The van der Waals surface area contributed by atoms with E-state index < -0.39 is 0 Å². The fourth-order valence-electron chi connectivity index (χ4n) is 3.94. The van der Waals surface area contributed by atoms with E-state index >= 15 is 0 Å². The first-order valence-electron chi connectivity index (χ1n) is 11.6. The molecule has 30 heavy (non-hydrogen) atoms. The topological polar surface area (TPSA) is 58.1 Å². The second-order valence-electron chi connectivity index (χ2n) is 7.93. The maximum atomic E-state index is 5.85. The summed E-state index contributed by atoms with van der Waals surface area (Å²) in [5, 5.41) is 6.95. The zero-order valence-electron chi connectivity index (χ0n) is 19.2. The smallest absolute Gasteiger partial charge is 0.191 e. The molecule has 0 aliphatic carbocycles. The Hall–Kier alpha value is -1.63. The van der Waals surface area contributed by atoms with Gasteiger partial charge < -0.3 is 20.1 Å². The van der Waals surface area contributed by atoms with Crippen molar-refractivity contribution in [3.05, 3.63) is 35.9 Å². The molecule has 1 heterocycles. The Morgan fingerprint density at radius 2 is 1.90 bits per heavy atom. The molecule has 0 bridgehead atoms. The molecule has 0 amide bonds. The fourth-order valence-corrected chi connectivity index (χ4v) is 3.94. The summed E-state index contributed by atoms with van der Waals surface area (Å²) in [6.07, 6.45) is 4.27. The van der Waals surface area contributed by atoms with Crippen LogP contribution in [0.15, 0.2) is 35.3 Å². The quantitative estimate of drug-likeness (QED) is 0.293. The van der Waals surface area contributed by atoms with Crippen molar-refractivity contribution in [3.63, 3.8) is 0 Å². The summed E-state index contributed by atoms with van der Waals surface area (Å²) in [6.45, 7) is 11.7. The largest absolute Gasteiger partial charge is 0.381 e. The van der Waals surface area contributed by atoms with E-state index in [1.165, 1.54) is 5.56 Å². The molecule has 2 N–H and O–H groups in total. The number of rotatable bonds is 13. The van der Waals surface area contributed by atoms with Crippen molar-refractivity contribution < 1.29 is 9.47 Å². The number of aliphatic imine (C=N–C) groups is 1. The molecule has 1 unspecified atom stereocenters. The molecule has 1 aliphatic heterocycles. The molecule has 6 heteroatoms. The number of ether oxygens (including phenoxy) is 2. The molecule has 1 fully saturated rings. The van der Waals surface area contributed by atoms with Gasteiger partial charge in [-0.25, -0.2) is 0 Å². The molecular formula is C24H42N4O2. The van der Waals surface area contributed by atoms with Crippen LogP contribution >= 0.6 is 0 Å². The van der Waals surface area contributed by atoms with E-state index in [0.29, 0.717) is 12.0 Å². The summed E-state index contributed by atoms with van der Waals surface area (Å²) >= 11 is 0. The minimum Gasteiger partial charge on any atom is -0.381 e. The van der Waals surface area contributed by atoms with Crippen molar-refractivity contribution in [1.82, 2.24) is 15.5 Å². The third-order valence-corrected chi connectivity index (χ3v) is 5.82. The lowest BCUT2D eigenvalue weighted by Gasteiger charge is -2.30. The van der Waals surface area contributed by atoms with Crippen LogP contribution in [-0.4, -0.2) is 76.6 Å². The number of hydrogen-bond donors (Lipinski definition) is 2. The van der Waals surface area contributed by atoms with Crippen molar-refractivity contribution in [2.45, 2.75) is 45.6 Å². The maximum Gasteiger partial charge on any atom is 0.191 e. The Morgan fingerprint density at radius 3 is 2.57 bits per heavy atom. The lowest BCUT2D eigenvalue weighted by atomic mass is 10.0. The van der Waals surface area contributed by atoms with Gasteiger partial charge in [-0.15, -0.1) is 0 Å². The Balaban J connectivity index is 1.67. The summed E-state index contributed by atoms with van der Waals surface area (Å²) in [4.78, 5) is 6.90. The molecule has 1 saturated heterocycles. The minimum atomic E-state index is 0.434. The molecule has 1 aliphatic rings. The van der Waals surface area contributed by atoms with Crippen LogP contribution in [0.4, 0.5) is 0 Å². The molecule has 1 atom stereocenters. The molecule has 170 valence electrons. The number of nitrogens with one attached hydrogen (secondary N) is 2. The molecule has 1 aromatic rings. The Labute approximate surface area is 183 Å². The summed E-state index contributed by atoms with van der Waals surface area (Å²) < 4.78 is 11.2. The fraction of sp³-hybridized carbons (Fsp3) is 0.708. The molecule has 6 nitrogen and oxygen atoms in total. The highest BCUT2D eigenvalue weighted by atomic mass is 16.5. The molecule has 1 aromatic carbocycles. The van der Waals surface area contributed by atoms with E-state index in [1.54, 1.807) is 0 Å². The Kier molecular flexibility index (Phi) is 12.5. The van der Waals surface area contributed by atoms with Crippen LogP contribution in [0, 0.1) is 5.92 Å². The lowest BCUT2D eigenvalue weighted by molar-refractivity contribution is 0.0203. The third-order valence-electron chi connectivity index (χ3n) is 5.82. The number of benzene rings is 1. The van der Waals surface area contributed by atoms with Crippen LogP contribution in [0.3, 0.4) is 0 Å². The van der Waals surface area contributed by atoms with Crippen LogP contribution in [-0.2, 0) is 15.9 Å². The third kappa shape index (κ3) is 9.45. The lowest BCUT2D eigenvalue weighted by Crippen LogP contribution is -2.48. The van der Waals surface area contributed by atoms with Gasteiger partial charge in [-0.05, 0) is 50.3 Å². The second kappa shape index (κ2) is 15.2. The van der Waals surface area contributed by atoms with Crippen molar-refractivity contribution >= 4 is 5.96 Å². The van der Waals surface area contributed by atoms with Crippen molar-refractivity contribution in [1.29, 1.82) is 0 Å². The normalized spacial score (nSPS) is 16.6. The van der Waals surface area contributed by atoms with E-state index in [4.69, 9.17) is 9.47 Å². The van der Waals surface area contributed by atoms with Gasteiger partial charge in [0.05, 0.1) is 0 Å². The predicted octanol–water partition coefficient (Wildman–Crippen LogP) is 2.94. The van der Waals surface area contributed by atoms with Crippen molar-refractivity contribution in [2.75, 3.05) is 59.7 Å². The van der Waals surface area contributed by atoms with E-state index in [-0.39, 0.29) is 0 Å². The van der Waals surface area contributed by atoms with Gasteiger partial charge in [0.25, 0.3) is 0 Å². The van der Waals surface area contributed by atoms with E-state index in [9.17, 15) is 0 Å². The number of guanidine groups is 1. The molecule has 0 radical (unpaired) electrons. The van der Waals surface area contributed by atoms with Gasteiger partial charge in [0.15, 0.2) is 5.96 Å². The van der Waals surface area contributed by atoms with E-state index in [0.717, 1.165) is 84.2 Å². The highest BCUT2D eigenvalue weighted by Gasteiger charge is 2.17. The van der Waals surface area contributed by atoms with Gasteiger partial charge in [-0.2, -0.15) is 0 Å². The van der Waals surface area contributed by atoms with E-state index in [2.05, 4.69) is 64.7 Å². The van der Waals surface area contributed by atoms with Gasteiger partial charge in [0.1, 0.15) is 0 Å². The van der Waals surface area contributed by atoms with Crippen LogP contribution < -0.4 is 10.6 Å². The average Bonchev–Trinajstić information content (AvgIpc) is 2.80. The predicted molar refractivity (Wildman–Crippen MR) is 125 cm³/mol. The number of nitrogens with zero attached hydrogens (tertiary/aromatic N) is 2. The highest BCUT2D eigenvalue weighted by molar-refractivity contribution is 5.79. The van der Waals surface area contributed by atoms with Crippen molar-refractivity contribution in [2.24, 2.45) is 10.9 Å². The van der Waals surface area contributed by atoms with Crippen LogP contribution in [0.1, 0.15) is 38.7 Å². The van der Waals surface area contributed by atoms with Crippen LogP contribution in [0.25, 0.3) is 0 Å². The van der Waals surface area contributed by atoms with Gasteiger partial charge in [-0.3, -0.25) is 9.89 Å². The number of likely N-dealkylation sites (N-methyl/N-ethyl adjacent to an activating group) is 1. The maximum absolute atomic E-state index is 5.85. The molecule has 0 spiro atoms. The van der Waals surface area contributed by atoms with Crippen LogP contribution in [0.2, 0.25) is 0 Å². The summed E-state index contributed by atoms with van der Waals surface area (Å²) in [7, 11) is 1.83. The first-order chi connectivity index (χ1) is 14.8. The minimum absolute atomic E-state index is 0.434. The Morgan fingerprint density at radius 1 is 1.17 bits per heavy atom. The molecule has 2 rings (SSSR count). The first kappa shape index (κ1) is 24.6. The highest BCUT2D eigenvalue weighted by Crippen LogP contribution is 2.14. The monoisotopic (exact) mass is 418 g/mol. The SMILES string of the molecule is CCN(CC)C(CNC(=NC)NCCCOCC1CCOCC1)Cc1ccccc1. The second-order valence-corrected chi connectivity index (χ2v) is 7.93. The average molecular weight is 419 g/mol. The number of hydrogen-bond acceptors (Lipinski definition) is 4. The molecule has 0 aromatic heterocycles. The first-order valence-corrected chi connectivity index (χ1v) is 11.6. The van der Waals surface area contributed by atoms with Gasteiger partial charge in [0.2, 0.25) is 0 Å². The van der Waals surface area contributed by atoms with E-state index in [1.807, 2.05) is 7.05 Å². The standard InChI is InChI=1S/C24H42N4O2/c1-4-28(5-2)23(18-21-10-7-6-8-11-21)19-27-24(25-3)26-14-9-15-30-20-22-12-16-29-17-13-22/h6-8,10-11,22-23H,4-5,9,12-20H2,1-3H3,(H2,25,26,27). The van der Waals surface area contributed by atoms with Gasteiger partial charge >= 0.3 is 0 Å². The summed E-state index contributed by atoms with van der Waals surface area (Å²) in [6, 6.07) is 11.2. The van der Waals surface area contributed by atoms with Gasteiger partial charge in [0, 0.05) is 52.6 Å². The molecule has 0 saturated carbocycles.